The quantitative estimate of drug-likeness (QED) is 0.454. The normalized spacial score (nSPS) is 9.62. The summed E-state index contributed by atoms with van der Waals surface area (Å²) >= 11 is 5.44. The van der Waals surface area contributed by atoms with Gasteiger partial charge in [-0.25, -0.2) is 4.98 Å². The highest BCUT2D eigenvalue weighted by Crippen LogP contribution is 2.11. The van der Waals surface area contributed by atoms with Gasteiger partial charge in [0.2, 0.25) is 17.8 Å². The Balaban J connectivity index is 0.000000219. The molecule has 9 N–H and O–H groups in total. The van der Waals surface area contributed by atoms with Crippen LogP contribution in [0.15, 0.2) is 12.1 Å². The van der Waals surface area contributed by atoms with Crippen molar-refractivity contribution in [2.75, 3.05) is 36.1 Å². The maximum atomic E-state index is 8.44. The lowest BCUT2D eigenvalue weighted by molar-refractivity contribution is 0.197. The van der Waals surface area contributed by atoms with Gasteiger partial charge in [-0.2, -0.15) is 15.0 Å². The molecule has 0 bridgehead atoms. The molecular formula is C10H15ClN8O2. The summed E-state index contributed by atoms with van der Waals surface area (Å²) in [6, 6.07) is 2.87. The summed E-state index contributed by atoms with van der Waals surface area (Å²) < 4.78 is 4.96. The van der Waals surface area contributed by atoms with Gasteiger partial charge in [-0.05, 0) is 0 Å². The Morgan fingerprint density at radius 2 is 1.52 bits per heavy atom. The Kier molecular flexibility index (Phi) is 6.17. The molecule has 0 unspecified atom stereocenters. The number of rotatable bonds is 3. The Bertz CT molecular complexity index is 527. The van der Waals surface area contributed by atoms with E-state index in [4.69, 9.17) is 44.4 Å². The maximum Gasteiger partial charge on any atom is 0.225 e. The molecule has 0 aliphatic heterocycles. The number of halogens is 1. The molecule has 0 aliphatic carbocycles. The summed E-state index contributed by atoms with van der Waals surface area (Å²) in [4.78, 5) is 14.6. The van der Waals surface area contributed by atoms with Gasteiger partial charge in [0, 0.05) is 12.1 Å². The van der Waals surface area contributed by atoms with Crippen LogP contribution in [-0.2, 0) is 0 Å². The minimum absolute atomic E-state index is 0.0583. The zero-order chi connectivity index (χ0) is 15.8. The number of anilines is 4. The molecule has 0 spiro atoms. The smallest absolute Gasteiger partial charge is 0.225 e. The van der Waals surface area contributed by atoms with Crippen molar-refractivity contribution in [1.29, 1.82) is 0 Å². The van der Waals surface area contributed by atoms with Crippen LogP contribution in [0.5, 0.6) is 5.88 Å². The second-order valence-electron chi connectivity index (χ2n) is 3.54. The second kappa shape index (κ2) is 7.87. The van der Waals surface area contributed by atoms with Gasteiger partial charge >= 0.3 is 0 Å². The number of aliphatic hydroxyl groups is 1. The zero-order valence-electron chi connectivity index (χ0n) is 10.9. The third kappa shape index (κ3) is 6.40. The molecular weight excluding hydrogens is 300 g/mol. The molecule has 2 aromatic heterocycles. The molecule has 2 aromatic rings. The van der Waals surface area contributed by atoms with Gasteiger partial charge in [-0.1, -0.05) is 11.6 Å². The van der Waals surface area contributed by atoms with Crippen LogP contribution in [0, 0.1) is 0 Å². The fourth-order valence-corrected chi connectivity index (χ4v) is 1.34. The Hall–Kier alpha value is -2.59. The highest BCUT2D eigenvalue weighted by atomic mass is 35.5. The number of aromatic nitrogens is 4. The predicted octanol–water partition coefficient (Wildman–Crippen LogP) is -0.694. The maximum absolute atomic E-state index is 8.44. The highest BCUT2D eigenvalue weighted by molar-refractivity contribution is 6.29. The number of hydrogen-bond donors (Lipinski definition) is 5. The van der Waals surface area contributed by atoms with Gasteiger partial charge in [0.1, 0.15) is 23.4 Å². The lowest BCUT2D eigenvalue weighted by atomic mass is 10.5. The topological polar surface area (TPSA) is 185 Å². The molecule has 0 amide bonds. The summed E-state index contributed by atoms with van der Waals surface area (Å²) in [6.45, 7) is 0.0830. The van der Waals surface area contributed by atoms with E-state index >= 15 is 0 Å². The monoisotopic (exact) mass is 314 g/mol. The van der Waals surface area contributed by atoms with Crippen LogP contribution in [0.25, 0.3) is 0 Å². The van der Waals surface area contributed by atoms with E-state index in [1.54, 1.807) is 0 Å². The second-order valence-corrected chi connectivity index (χ2v) is 3.92. The number of aliphatic hydroxyl groups excluding tert-OH is 1. The number of nitrogen functional groups attached to an aromatic ring is 4. The van der Waals surface area contributed by atoms with Gasteiger partial charge in [-0.15, -0.1) is 0 Å². The molecule has 0 aromatic carbocycles. The average molecular weight is 315 g/mol. The van der Waals surface area contributed by atoms with Gasteiger partial charge in [0.15, 0.2) is 0 Å². The van der Waals surface area contributed by atoms with Crippen LogP contribution < -0.4 is 27.7 Å². The summed E-state index contributed by atoms with van der Waals surface area (Å²) in [5.74, 6) is 0.958. The lowest BCUT2D eigenvalue weighted by Gasteiger charge is -2.03. The van der Waals surface area contributed by atoms with Gasteiger partial charge in [0.25, 0.3) is 0 Å². The molecule has 0 radical (unpaired) electrons. The first-order valence-electron chi connectivity index (χ1n) is 5.60. The van der Waals surface area contributed by atoms with Crippen molar-refractivity contribution in [3.05, 3.63) is 17.3 Å². The van der Waals surface area contributed by atoms with Crippen LogP contribution >= 0.6 is 11.6 Å². The van der Waals surface area contributed by atoms with Crippen LogP contribution in [-0.4, -0.2) is 38.3 Å². The van der Waals surface area contributed by atoms with Crippen molar-refractivity contribution in [3.8, 4) is 5.88 Å². The van der Waals surface area contributed by atoms with E-state index in [2.05, 4.69) is 19.9 Å². The third-order valence-electron chi connectivity index (χ3n) is 1.81. The van der Waals surface area contributed by atoms with Crippen molar-refractivity contribution >= 4 is 35.1 Å². The van der Waals surface area contributed by atoms with Gasteiger partial charge in [-0.3, -0.25) is 0 Å². The van der Waals surface area contributed by atoms with Crippen LogP contribution in [0.1, 0.15) is 0 Å². The average Bonchev–Trinajstić information content (AvgIpc) is 2.34. The highest BCUT2D eigenvalue weighted by Gasteiger charge is 1.99. The molecule has 2 rings (SSSR count). The first-order chi connectivity index (χ1) is 9.90. The first kappa shape index (κ1) is 16.5. The van der Waals surface area contributed by atoms with E-state index in [-0.39, 0.29) is 47.8 Å². The minimum atomic E-state index is -0.0796. The van der Waals surface area contributed by atoms with Crippen LogP contribution in [0.3, 0.4) is 0 Å². The van der Waals surface area contributed by atoms with E-state index < -0.39 is 0 Å². The van der Waals surface area contributed by atoms with Crippen molar-refractivity contribution in [1.82, 2.24) is 19.9 Å². The minimum Gasteiger partial charge on any atom is -0.475 e. The molecule has 0 atom stereocenters. The van der Waals surface area contributed by atoms with E-state index in [0.717, 1.165) is 0 Å². The summed E-state index contributed by atoms with van der Waals surface area (Å²) in [6.07, 6.45) is 0. The number of nitrogens with two attached hydrogens (primary N) is 4. The SMILES string of the molecule is Nc1cc(Cl)nc(N)n1.Nc1cc(OCCO)nc(N)n1. The molecule has 21 heavy (non-hydrogen) atoms. The van der Waals surface area contributed by atoms with Crippen molar-refractivity contribution in [3.63, 3.8) is 0 Å². The van der Waals surface area contributed by atoms with E-state index in [0.29, 0.717) is 0 Å². The molecule has 0 saturated heterocycles. The van der Waals surface area contributed by atoms with Crippen molar-refractivity contribution in [2.45, 2.75) is 0 Å². The van der Waals surface area contributed by atoms with Gasteiger partial charge in [0.05, 0.1) is 6.61 Å². The third-order valence-corrected chi connectivity index (χ3v) is 2.01. The molecule has 0 aliphatic rings. The Morgan fingerprint density at radius 3 is 2.00 bits per heavy atom. The Morgan fingerprint density at radius 1 is 0.952 bits per heavy atom. The van der Waals surface area contributed by atoms with Crippen molar-refractivity contribution in [2.24, 2.45) is 0 Å². The lowest BCUT2D eigenvalue weighted by Crippen LogP contribution is -2.06. The standard InChI is InChI=1S/C6H10N4O2.C4H5ClN4/c7-4-3-5(12-2-1-11)10-6(8)9-4;5-2-1-3(6)9-4(7)8-2/h3,11H,1-2H2,(H4,7,8,9,10);1H,(H4,6,7,8,9). The molecule has 0 saturated carbocycles. The summed E-state index contributed by atoms with van der Waals surface area (Å²) in [5.41, 5.74) is 21.1. The molecule has 0 fully saturated rings. The largest absolute Gasteiger partial charge is 0.475 e. The van der Waals surface area contributed by atoms with Crippen LogP contribution in [0.2, 0.25) is 5.15 Å². The van der Waals surface area contributed by atoms with Crippen LogP contribution in [0.4, 0.5) is 23.5 Å². The van der Waals surface area contributed by atoms with Crippen molar-refractivity contribution < 1.29 is 9.84 Å². The number of nitrogens with zero attached hydrogens (tertiary/aromatic N) is 4. The number of ether oxygens (including phenoxy) is 1. The molecule has 11 heteroatoms. The fraction of sp³-hybridized carbons (Fsp3) is 0.200. The fourth-order valence-electron chi connectivity index (χ4n) is 1.14. The van der Waals surface area contributed by atoms with Gasteiger partial charge < -0.3 is 32.8 Å². The molecule has 114 valence electrons. The van der Waals surface area contributed by atoms with E-state index in [9.17, 15) is 0 Å². The summed E-state index contributed by atoms with van der Waals surface area (Å²) in [7, 11) is 0. The zero-order valence-corrected chi connectivity index (χ0v) is 11.7. The molecule has 2 heterocycles. The number of hydrogen-bond acceptors (Lipinski definition) is 10. The molecule has 10 nitrogen and oxygen atoms in total. The Labute approximate surface area is 125 Å². The summed E-state index contributed by atoms with van der Waals surface area (Å²) in [5, 5.41) is 8.70. The first-order valence-corrected chi connectivity index (χ1v) is 5.97. The van der Waals surface area contributed by atoms with E-state index in [1.807, 2.05) is 0 Å². The van der Waals surface area contributed by atoms with E-state index in [1.165, 1.54) is 12.1 Å². The predicted molar refractivity (Wildman–Crippen MR) is 79.3 cm³/mol.